The molecule has 2 aromatic rings. The van der Waals surface area contributed by atoms with Crippen LogP contribution in [0.4, 0.5) is 0 Å². The molecule has 0 spiro atoms. The SMILES string of the molecule is Cc1cc(CNC(=O)c2noc(C3CCCN3)n2)no1. The molecule has 3 rings (SSSR count). The lowest BCUT2D eigenvalue weighted by molar-refractivity contribution is 0.0936. The number of carbonyl (C=O) groups is 1. The monoisotopic (exact) mass is 277 g/mol. The quantitative estimate of drug-likeness (QED) is 0.848. The van der Waals surface area contributed by atoms with Crippen molar-refractivity contribution in [1.82, 2.24) is 25.9 Å². The first-order chi connectivity index (χ1) is 9.72. The van der Waals surface area contributed by atoms with Gasteiger partial charge in [0.05, 0.1) is 12.6 Å². The number of nitrogens with one attached hydrogen (secondary N) is 2. The molecule has 106 valence electrons. The van der Waals surface area contributed by atoms with Crippen LogP contribution in [0.25, 0.3) is 0 Å². The molecule has 0 bridgehead atoms. The fraction of sp³-hybridized carbons (Fsp3) is 0.500. The van der Waals surface area contributed by atoms with Crippen LogP contribution in [0.5, 0.6) is 0 Å². The number of nitrogens with zero attached hydrogens (tertiary/aromatic N) is 3. The third-order valence-corrected chi connectivity index (χ3v) is 3.11. The van der Waals surface area contributed by atoms with Crippen LogP contribution in [0.15, 0.2) is 15.1 Å². The van der Waals surface area contributed by atoms with Crippen LogP contribution in [-0.2, 0) is 6.54 Å². The van der Waals surface area contributed by atoms with E-state index in [0.29, 0.717) is 17.3 Å². The highest BCUT2D eigenvalue weighted by molar-refractivity contribution is 5.90. The van der Waals surface area contributed by atoms with Crippen molar-refractivity contribution in [2.45, 2.75) is 32.4 Å². The van der Waals surface area contributed by atoms with E-state index in [-0.39, 0.29) is 18.4 Å². The molecule has 2 N–H and O–H groups in total. The average Bonchev–Trinajstić information content (AvgIpc) is 3.16. The van der Waals surface area contributed by atoms with Gasteiger partial charge in [-0.05, 0) is 26.3 Å². The Morgan fingerprint density at radius 2 is 2.40 bits per heavy atom. The first-order valence-electron chi connectivity index (χ1n) is 6.50. The Balaban J connectivity index is 1.59. The first kappa shape index (κ1) is 12.8. The van der Waals surface area contributed by atoms with Crippen LogP contribution in [0.3, 0.4) is 0 Å². The predicted octanol–water partition coefficient (Wildman–Crippen LogP) is 0.721. The van der Waals surface area contributed by atoms with E-state index >= 15 is 0 Å². The molecule has 8 nitrogen and oxygen atoms in total. The summed E-state index contributed by atoms with van der Waals surface area (Å²) in [6.45, 7) is 2.99. The zero-order chi connectivity index (χ0) is 13.9. The van der Waals surface area contributed by atoms with Crippen molar-refractivity contribution in [2.24, 2.45) is 0 Å². The van der Waals surface area contributed by atoms with E-state index in [1.807, 2.05) is 0 Å². The molecular formula is C12H15N5O3. The number of carbonyl (C=O) groups excluding carboxylic acids is 1. The summed E-state index contributed by atoms with van der Waals surface area (Å²) in [4.78, 5) is 16.0. The molecule has 8 heteroatoms. The van der Waals surface area contributed by atoms with E-state index in [1.54, 1.807) is 13.0 Å². The summed E-state index contributed by atoms with van der Waals surface area (Å²) in [7, 11) is 0. The Bertz CT molecular complexity index is 600. The van der Waals surface area contributed by atoms with Crippen LogP contribution in [0, 0.1) is 6.92 Å². The minimum Gasteiger partial charge on any atom is -0.361 e. The molecule has 1 saturated heterocycles. The van der Waals surface area contributed by atoms with Gasteiger partial charge in [-0.2, -0.15) is 4.98 Å². The van der Waals surface area contributed by atoms with Crippen LogP contribution in [0.1, 0.15) is 46.8 Å². The van der Waals surface area contributed by atoms with E-state index in [0.717, 1.165) is 19.4 Å². The van der Waals surface area contributed by atoms with E-state index < -0.39 is 5.91 Å². The van der Waals surface area contributed by atoms with Gasteiger partial charge in [0.25, 0.3) is 11.7 Å². The highest BCUT2D eigenvalue weighted by Gasteiger charge is 2.24. The van der Waals surface area contributed by atoms with Crippen molar-refractivity contribution < 1.29 is 13.8 Å². The maximum Gasteiger partial charge on any atom is 0.293 e. The van der Waals surface area contributed by atoms with Gasteiger partial charge < -0.3 is 19.7 Å². The minimum absolute atomic E-state index is 0.0360. The summed E-state index contributed by atoms with van der Waals surface area (Å²) >= 11 is 0. The number of aryl methyl sites for hydroxylation is 1. The van der Waals surface area contributed by atoms with E-state index in [2.05, 4.69) is 25.9 Å². The average molecular weight is 277 g/mol. The summed E-state index contributed by atoms with van der Waals surface area (Å²) in [5.41, 5.74) is 0.650. The van der Waals surface area contributed by atoms with E-state index in [1.165, 1.54) is 0 Å². The molecule has 20 heavy (non-hydrogen) atoms. The number of rotatable bonds is 4. The Labute approximate surface area is 114 Å². The van der Waals surface area contributed by atoms with Crippen molar-refractivity contribution in [1.29, 1.82) is 0 Å². The third kappa shape index (κ3) is 2.69. The smallest absolute Gasteiger partial charge is 0.293 e. The summed E-state index contributed by atoms with van der Waals surface area (Å²) in [5.74, 6) is 0.806. The molecule has 1 fully saturated rings. The van der Waals surface area contributed by atoms with Crippen LogP contribution in [0.2, 0.25) is 0 Å². The van der Waals surface area contributed by atoms with Crippen molar-refractivity contribution in [3.8, 4) is 0 Å². The summed E-state index contributed by atoms with van der Waals surface area (Å²) in [6.07, 6.45) is 2.02. The van der Waals surface area contributed by atoms with Crippen molar-refractivity contribution >= 4 is 5.91 Å². The molecule has 0 aliphatic carbocycles. The van der Waals surface area contributed by atoms with E-state index in [9.17, 15) is 4.79 Å². The second-order valence-corrected chi connectivity index (χ2v) is 4.72. The molecule has 1 aliphatic heterocycles. The topological polar surface area (TPSA) is 106 Å². The second-order valence-electron chi connectivity index (χ2n) is 4.72. The van der Waals surface area contributed by atoms with Gasteiger partial charge in [-0.15, -0.1) is 0 Å². The molecule has 2 aromatic heterocycles. The van der Waals surface area contributed by atoms with Gasteiger partial charge >= 0.3 is 0 Å². The van der Waals surface area contributed by atoms with Crippen LogP contribution in [-0.4, -0.2) is 27.7 Å². The van der Waals surface area contributed by atoms with Crippen molar-refractivity contribution in [3.05, 3.63) is 29.2 Å². The van der Waals surface area contributed by atoms with Crippen molar-refractivity contribution in [2.75, 3.05) is 6.54 Å². The minimum atomic E-state index is -0.390. The number of amides is 1. The van der Waals surface area contributed by atoms with Crippen LogP contribution < -0.4 is 10.6 Å². The molecule has 0 radical (unpaired) electrons. The van der Waals surface area contributed by atoms with Gasteiger partial charge in [-0.3, -0.25) is 4.79 Å². The number of hydrogen-bond acceptors (Lipinski definition) is 7. The van der Waals surface area contributed by atoms with Gasteiger partial charge in [0.15, 0.2) is 0 Å². The van der Waals surface area contributed by atoms with Crippen molar-refractivity contribution in [3.63, 3.8) is 0 Å². The molecule has 3 heterocycles. The largest absolute Gasteiger partial charge is 0.361 e. The summed E-state index contributed by atoms with van der Waals surface area (Å²) in [6, 6.07) is 1.81. The molecule has 1 amide bonds. The Hall–Kier alpha value is -2.22. The third-order valence-electron chi connectivity index (χ3n) is 3.11. The molecule has 0 aromatic carbocycles. The Morgan fingerprint density at radius 1 is 1.50 bits per heavy atom. The number of aromatic nitrogens is 3. The van der Waals surface area contributed by atoms with E-state index in [4.69, 9.17) is 9.05 Å². The zero-order valence-corrected chi connectivity index (χ0v) is 11.0. The van der Waals surface area contributed by atoms with Gasteiger partial charge in [0.1, 0.15) is 11.5 Å². The Kier molecular flexibility index (Phi) is 3.46. The fourth-order valence-corrected chi connectivity index (χ4v) is 2.12. The van der Waals surface area contributed by atoms with Gasteiger partial charge in [0, 0.05) is 6.07 Å². The zero-order valence-electron chi connectivity index (χ0n) is 11.0. The number of hydrogen-bond donors (Lipinski definition) is 2. The lowest BCUT2D eigenvalue weighted by Gasteiger charge is -2.01. The fourth-order valence-electron chi connectivity index (χ4n) is 2.12. The maximum atomic E-state index is 11.9. The summed E-state index contributed by atoms with van der Waals surface area (Å²) < 4.78 is 10.0. The standard InChI is InChI=1S/C12H15N5O3/c1-7-5-8(16-19-7)6-14-11(18)10-15-12(20-17-10)9-3-2-4-13-9/h5,9,13H,2-4,6H2,1H3,(H,14,18). The summed E-state index contributed by atoms with van der Waals surface area (Å²) in [5, 5.41) is 13.4. The molecule has 0 saturated carbocycles. The molecule has 1 aliphatic rings. The van der Waals surface area contributed by atoms with Crippen LogP contribution >= 0.6 is 0 Å². The second kappa shape index (κ2) is 5.41. The van der Waals surface area contributed by atoms with Gasteiger partial charge in [-0.25, -0.2) is 0 Å². The highest BCUT2D eigenvalue weighted by atomic mass is 16.5. The van der Waals surface area contributed by atoms with Gasteiger partial charge in [0.2, 0.25) is 5.89 Å². The lowest BCUT2D eigenvalue weighted by Crippen LogP contribution is -2.24. The molecule has 1 unspecified atom stereocenters. The lowest BCUT2D eigenvalue weighted by atomic mass is 10.2. The molecule has 1 atom stereocenters. The van der Waals surface area contributed by atoms with Gasteiger partial charge in [-0.1, -0.05) is 10.3 Å². The predicted molar refractivity (Wildman–Crippen MR) is 66.7 cm³/mol. The normalized spacial score (nSPS) is 18.4. The first-order valence-corrected chi connectivity index (χ1v) is 6.50. The maximum absolute atomic E-state index is 11.9. The molecular weight excluding hydrogens is 262 g/mol. The highest BCUT2D eigenvalue weighted by Crippen LogP contribution is 2.20. The Morgan fingerprint density at radius 3 is 3.10 bits per heavy atom.